The lowest BCUT2D eigenvalue weighted by Crippen LogP contribution is -2.39. The molecule has 6 heteroatoms. The number of benzene rings is 2. The van der Waals surface area contributed by atoms with Crippen molar-refractivity contribution in [3.05, 3.63) is 42.5 Å². The van der Waals surface area contributed by atoms with E-state index in [1.807, 2.05) is 41.3 Å². The standard InChI is InChI=1S/C19H21N3O2S/c20-14-5-6-18-16(13-14)22(15-3-1-2-4-17(15)25-18)19(23)7-8-21-9-11-24-12-10-21/h1-6,13H,7-12,20H2. The third-order valence-electron chi connectivity index (χ3n) is 4.54. The second kappa shape index (κ2) is 7.07. The first kappa shape index (κ1) is 16.4. The maximum atomic E-state index is 13.1. The van der Waals surface area contributed by atoms with Gasteiger partial charge in [-0.15, -0.1) is 0 Å². The average Bonchev–Trinajstić information content (AvgIpc) is 2.65. The summed E-state index contributed by atoms with van der Waals surface area (Å²) in [6, 6.07) is 13.8. The summed E-state index contributed by atoms with van der Waals surface area (Å²) in [5, 5.41) is 0. The van der Waals surface area contributed by atoms with Crippen molar-refractivity contribution in [3.8, 4) is 0 Å². The number of hydrogen-bond acceptors (Lipinski definition) is 5. The van der Waals surface area contributed by atoms with E-state index in [9.17, 15) is 4.79 Å². The van der Waals surface area contributed by atoms with Crippen molar-refractivity contribution in [2.75, 3.05) is 43.5 Å². The Bertz CT molecular complexity index is 790. The number of para-hydroxylation sites is 1. The van der Waals surface area contributed by atoms with Gasteiger partial charge in [-0.25, -0.2) is 0 Å². The third-order valence-corrected chi connectivity index (χ3v) is 5.68. The first-order chi connectivity index (χ1) is 12.2. The Morgan fingerprint density at radius 3 is 2.68 bits per heavy atom. The highest BCUT2D eigenvalue weighted by atomic mass is 32.2. The molecule has 25 heavy (non-hydrogen) atoms. The van der Waals surface area contributed by atoms with Crippen LogP contribution in [0.5, 0.6) is 0 Å². The molecule has 0 atom stereocenters. The van der Waals surface area contributed by atoms with Crippen molar-refractivity contribution < 1.29 is 9.53 Å². The summed E-state index contributed by atoms with van der Waals surface area (Å²) in [7, 11) is 0. The van der Waals surface area contributed by atoms with Gasteiger partial charge in [-0.2, -0.15) is 0 Å². The van der Waals surface area contributed by atoms with Crippen LogP contribution in [-0.4, -0.2) is 43.7 Å². The fourth-order valence-corrected chi connectivity index (χ4v) is 4.27. The summed E-state index contributed by atoms with van der Waals surface area (Å²) in [6.07, 6.45) is 0.479. The fourth-order valence-electron chi connectivity index (χ4n) is 3.23. The zero-order valence-corrected chi connectivity index (χ0v) is 14.8. The molecule has 130 valence electrons. The highest BCUT2D eigenvalue weighted by Crippen LogP contribution is 2.48. The number of ether oxygens (including phenoxy) is 1. The molecule has 0 unspecified atom stereocenters. The summed E-state index contributed by atoms with van der Waals surface area (Å²) in [6.45, 7) is 4.03. The molecule has 0 aromatic heterocycles. The SMILES string of the molecule is Nc1ccc2c(c1)N(C(=O)CCN1CCOCC1)c1ccccc1S2. The van der Waals surface area contributed by atoms with Crippen molar-refractivity contribution in [2.24, 2.45) is 0 Å². The second-order valence-electron chi connectivity index (χ2n) is 6.23. The van der Waals surface area contributed by atoms with Crippen LogP contribution in [0, 0.1) is 0 Å². The predicted octanol–water partition coefficient (Wildman–Crippen LogP) is 3.12. The molecule has 2 heterocycles. The number of nitrogens with zero attached hydrogens (tertiary/aromatic N) is 2. The molecular formula is C19H21N3O2S. The molecule has 0 radical (unpaired) electrons. The third kappa shape index (κ3) is 3.38. The Morgan fingerprint density at radius 2 is 1.84 bits per heavy atom. The molecule has 2 aliphatic rings. The van der Waals surface area contributed by atoms with Gasteiger partial charge in [0, 0.05) is 41.5 Å². The molecule has 2 N–H and O–H groups in total. The number of morpholine rings is 1. The van der Waals surface area contributed by atoms with Crippen LogP contribution in [0.1, 0.15) is 6.42 Å². The molecule has 2 aliphatic heterocycles. The van der Waals surface area contributed by atoms with E-state index in [4.69, 9.17) is 10.5 Å². The van der Waals surface area contributed by atoms with Gasteiger partial charge in [0.05, 0.1) is 24.6 Å². The summed E-state index contributed by atoms with van der Waals surface area (Å²) >= 11 is 1.68. The Hall–Kier alpha value is -2.02. The van der Waals surface area contributed by atoms with Crippen LogP contribution in [0.25, 0.3) is 0 Å². The van der Waals surface area contributed by atoms with Crippen molar-refractivity contribution >= 4 is 34.7 Å². The van der Waals surface area contributed by atoms with Crippen molar-refractivity contribution in [1.29, 1.82) is 0 Å². The van der Waals surface area contributed by atoms with Crippen LogP contribution in [0.3, 0.4) is 0 Å². The lowest BCUT2D eigenvalue weighted by molar-refractivity contribution is -0.118. The van der Waals surface area contributed by atoms with Crippen LogP contribution < -0.4 is 10.6 Å². The normalized spacial score (nSPS) is 17.0. The number of hydrogen-bond donors (Lipinski definition) is 1. The molecule has 5 nitrogen and oxygen atoms in total. The summed E-state index contributed by atoms with van der Waals surface area (Å²) in [5.74, 6) is 0.103. The van der Waals surface area contributed by atoms with Gasteiger partial charge in [-0.1, -0.05) is 23.9 Å². The molecule has 0 spiro atoms. The van der Waals surface area contributed by atoms with Crippen LogP contribution in [0.2, 0.25) is 0 Å². The Labute approximate surface area is 151 Å². The van der Waals surface area contributed by atoms with Gasteiger partial charge in [0.2, 0.25) is 5.91 Å². The molecule has 1 saturated heterocycles. The number of anilines is 3. The monoisotopic (exact) mass is 355 g/mol. The predicted molar refractivity (Wildman–Crippen MR) is 100 cm³/mol. The van der Waals surface area contributed by atoms with Crippen LogP contribution >= 0.6 is 11.8 Å². The Kier molecular flexibility index (Phi) is 4.65. The first-order valence-electron chi connectivity index (χ1n) is 8.52. The van der Waals surface area contributed by atoms with E-state index in [2.05, 4.69) is 11.0 Å². The quantitative estimate of drug-likeness (QED) is 0.857. The van der Waals surface area contributed by atoms with E-state index < -0.39 is 0 Å². The number of rotatable bonds is 3. The highest BCUT2D eigenvalue weighted by Gasteiger charge is 2.28. The molecule has 2 aromatic carbocycles. The molecular weight excluding hydrogens is 334 g/mol. The van der Waals surface area contributed by atoms with Gasteiger partial charge in [-0.3, -0.25) is 14.6 Å². The smallest absolute Gasteiger partial charge is 0.232 e. The Balaban J connectivity index is 1.61. The number of carbonyl (C=O) groups excluding carboxylic acids is 1. The average molecular weight is 355 g/mol. The molecule has 0 aliphatic carbocycles. The van der Waals surface area contributed by atoms with E-state index in [-0.39, 0.29) is 5.91 Å². The highest BCUT2D eigenvalue weighted by molar-refractivity contribution is 7.99. The summed E-state index contributed by atoms with van der Waals surface area (Å²) in [4.78, 5) is 19.4. The largest absolute Gasteiger partial charge is 0.399 e. The lowest BCUT2D eigenvalue weighted by Gasteiger charge is -2.32. The van der Waals surface area contributed by atoms with E-state index in [1.165, 1.54) is 0 Å². The van der Waals surface area contributed by atoms with Gasteiger partial charge in [0.25, 0.3) is 0 Å². The second-order valence-corrected chi connectivity index (χ2v) is 7.31. The first-order valence-corrected chi connectivity index (χ1v) is 9.33. The van der Waals surface area contributed by atoms with Crippen LogP contribution in [0.4, 0.5) is 17.1 Å². The molecule has 4 rings (SSSR count). The van der Waals surface area contributed by atoms with E-state index in [1.54, 1.807) is 11.8 Å². The summed E-state index contributed by atoms with van der Waals surface area (Å²) in [5.41, 5.74) is 8.48. The van der Waals surface area contributed by atoms with Crippen molar-refractivity contribution in [3.63, 3.8) is 0 Å². The fraction of sp³-hybridized carbons (Fsp3) is 0.316. The van der Waals surface area contributed by atoms with Crippen LogP contribution in [0.15, 0.2) is 52.3 Å². The Morgan fingerprint density at radius 1 is 1.08 bits per heavy atom. The van der Waals surface area contributed by atoms with Gasteiger partial charge in [-0.05, 0) is 30.3 Å². The zero-order valence-electron chi connectivity index (χ0n) is 14.0. The van der Waals surface area contributed by atoms with Gasteiger partial charge in [0.15, 0.2) is 0 Å². The topological polar surface area (TPSA) is 58.8 Å². The van der Waals surface area contributed by atoms with E-state index >= 15 is 0 Å². The minimum atomic E-state index is 0.103. The van der Waals surface area contributed by atoms with E-state index in [0.29, 0.717) is 12.1 Å². The maximum absolute atomic E-state index is 13.1. The number of nitrogens with two attached hydrogens (primary N) is 1. The molecule has 1 amide bonds. The molecule has 0 saturated carbocycles. The van der Waals surface area contributed by atoms with Gasteiger partial charge in [0.1, 0.15) is 0 Å². The number of carbonyl (C=O) groups is 1. The van der Waals surface area contributed by atoms with Gasteiger partial charge < -0.3 is 10.5 Å². The molecule has 2 aromatic rings. The number of nitrogen functional groups attached to an aromatic ring is 1. The minimum absolute atomic E-state index is 0.103. The van der Waals surface area contributed by atoms with Crippen LogP contribution in [-0.2, 0) is 9.53 Å². The zero-order chi connectivity index (χ0) is 17.2. The maximum Gasteiger partial charge on any atom is 0.232 e. The molecule has 1 fully saturated rings. The van der Waals surface area contributed by atoms with Crippen molar-refractivity contribution in [1.82, 2.24) is 4.90 Å². The number of amides is 1. The molecule has 0 bridgehead atoms. The van der Waals surface area contributed by atoms with Crippen molar-refractivity contribution in [2.45, 2.75) is 16.2 Å². The van der Waals surface area contributed by atoms with E-state index in [0.717, 1.165) is 54.0 Å². The minimum Gasteiger partial charge on any atom is -0.399 e. The van der Waals surface area contributed by atoms with Gasteiger partial charge >= 0.3 is 0 Å². The summed E-state index contributed by atoms with van der Waals surface area (Å²) < 4.78 is 5.38. The number of fused-ring (bicyclic) bond motifs is 2. The lowest BCUT2D eigenvalue weighted by atomic mass is 10.2.